The number of allylic oxidation sites excluding steroid dienone is 1. The normalized spacial score (nSPS) is 42.3. The predicted molar refractivity (Wildman–Crippen MR) is 61.5 cm³/mol. The summed E-state index contributed by atoms with van der Waals surface area (Å²) in [5.41, 5.74) is 0.399. The maximum atomic E-state index is 11.4. The zero-order valence-electron chi connectivity index (χ0n) is 8.95. The van der Waals surface area contributed by atoms with Crippen LogP contribution in [0.2, 0.25) is 0 Å². The van der Waals surface area contributed by atoms with Gasteiger partial charge in [0.15, 0.2) is 0 Å². The van der Waals surface area contributed by atoms with Crippen LogP contribution >= 0.6 is 11.8 Å². The fourth-order valence-corrected chi connectivity index (χ4v) is 3.50. The summed E-state index contributed by atoms with van der Waals surface area (Å²) in [6.45, 7) is 2.36. The lowest BCUT2D eigenvalue weighted by Crippen LogP contribution is -2.38. The molecule has 1 fully saturated rings. The topological polar surface area (TPSA) is 17.1 Å². The summed E-state index contributed by atoms with van der Waals surface area (Å²) < 4.78 is 0. The fourth-order valence-electron chi connectivity index (χ4n) is 2.71. The average Bonchev–Trinajstić information content (AvgIpc) is 2.18. The van der Waals surface area contributed by atoms with E-state index in [9.17, 15) is 4.79 Å². The number of hydrogen-bond acceptors (Lipinski definition) is 2. The van der Waals surface area contributed by atoms with Crippen LogP contribution in [-0.4, -0.2) is 17.3 Å². The summed E-state index contributed by atoms with van der Waals surface area (Å²) in [7, 11) is 0. The van der Waals surface area contributed by atoms with E-state index >= 15 is 0 Å². The summed E-state index contributed by atoms with van der Waals surface area (Å²) >= 11 is 1.93. The highest BCUT2D eigenvalue weighted by Gasteiger charge is 2.41. The Hall–Kier alpha value is -0.240. The zero-order chi connectivity index (χ0) is 10.2. The van der Waals surface area contributed by atoms with Gasteiger partial charge in [-0.05, 0) is 30.4 Å². The second-order valence-electron chi connectivity index (χ2n) is 4.87. The van der Waals surface area contributed by atoms with Crippen molar-refractivity contribution in [2.45, 2.75) is 37.9 Å². The number of carbonyl (C=O) groups excluding carboxylic acids is 1. The molecule has 0 aromatic carbocycles. The molecule has 0 N–H and O–H groups in total. The second-order valence-corrected chi connectivity index (χ2v) is 5.94. The van der Waals surface area contributed by atoms with Crippen LogP contribution < -0.4 is 0 Å². The Morgan fingerprint density at radius 2 is 2.29 bits per heavy atom. The molecule has 2 rings (SSSR count). The van der Waals surface area contributed by atoms with Crippen LogP contribution in [0.5, 0.6) is 0 Å². The smallest absolute Gasteiger partial charge is 0.133 e. The number of hydrogen-bond donors (Lipinski definition) is 0. The molecule has 78 valence electrons. The van der Waals surface area contributed by atoms with Crippen molar-refractivity contribution in [3.8, 4) is 0 Å². The molecule has 2 aliphatic carbocycles. The molecule has 0 bridgehead atoms. The molecule has 2 heteroatoms. The van der Waals surface area contributed by atoms with Gasteiger partial charge in [0.1, 0.15) is 5.78 Å². The van der Waals surface area contributed by atoms with E-state index in [4.69, 9.17) is 0 Å². The fraction of sp³-hybridized carbons (Fsp3) is 0.750. The van der Waals surface area contributed by atoms with E-state index in [-0.39, 0.29) is 0 Å². The van der Waals surface area contributed by atoms with Gasteiger partial charge in [0.05, 0.1) is 0 Å². The number of carbonyl (C=O) groups is 1. The van der Waals surface area contributed by atoms with Crippen molar-refractivity contribution in [2.24, 2.45) is 11.3 Å². The first-order valence-corrected chi connectivity index (χ1v) is 6.66. The molecule has 0 amide bonds. The van der Waals surface area contributed by atoms with Crippen molar-refractivity contribution in [1.29, 1.82) is 0 Å². The van der Waals surface area contributed by atoms with Gasteiger partial charge in [-0.1, -0.05) is 19.1 Å². The lowest BCUT2D eigenvalue weighted by molar-refractivity contribution is -0.124. The molecular formula is C12H18OS. The lowest BCUT2D eigenvalue weighted by Gasteiger charge is -2.44. The number of Topliss-reactive ketones (excluding diaryl/α,β-unsaturated/α-hetero) is 1. The minimum Gasteiger partial charge on any atom is -0.300 e. The van der Waals surface area contributed by atoms with Crippen molar-refractivity contribution in [2.75, 3.05) is 6.26 Å². The van der Waals surface area contributed by atoms with Gasteiger partial charge in [0.25, 0.3) is 0 Å². The van der Waals surface area contributed by atoms with Crippen molar-refractivity contribution >= 4 is 17.5 Å². The number of rotatable bonds is 1. The molecule has 0 heterocycles. The number of ketones is 1. The standard InChI is InChI=1S/C12H18OS/c1-12-6-5-10(13)7-9(12)3-4-11(8-12)14-2/h3-4,9,11H,5-8H2,1-2H3. The van der Waals surface area contributed by atoms with E-state index in [2.05, 4.69) is 25.3 Å². The monoisotopic (exact) mass is 210 g/mol. The first kappa shape index (κ1) is 10.3. The Bertz CT molecular complexity index is 271. The largest absolute Gasteiger partial charge is 0.300 e. The molecule has 0 aromatic heterocycles. The predicted octanol–water partition coefficient (Wildman–Crippen LogP) is 3.05. The van der Waals surface area contributed by atoms with Crippen molar-refractivity contribution in [3.05, 3.63) is 12.2 Å². The Morgan fingerprint density at radius 3 is 3.00 bits per heavy atom. The summed E-state index contributed by atoms with van der Waals surface area (Å²) in [4.78, 5) is 11.4. The van der Waals surface area contributed by atoms with Crippen LogP contribution in [0.1, 0.15) is 32.6 Å². The summed E-state index contributed by atoms with van der Waals surface area (Å²) in [5.74, 6) is 0.979. The average molecular weight is 210 g/mol. The highest BCUT2D eigenvalue weighted by atomic mass is 32.2. The number of thioether (sulfide) groups is 1. The van der Waals surface area contributed by atoms with Crippen molar-refractivity contribution < 1.29 is 4.79 Å². The van der Waals surface area contributed by atoms with E-state index in [1.165, 1.54) is 6.42 Å². The summed E-state index contributed by atoms with van der Waals surface area (Å²) in [6.07, 6.45) is 10.7. The van der Waals surface area contributed by atoms with Crippen molar-refractivity contribution in [1.82, 2.24) is 0 Å². The quantitative estimate of drug-likeness (QED) is 0.619. The molecule has 0 saturated heterocycles. The minimum atomic E-state index is 0.399. The van der Waals surface area contributed by atoms with E-state index in [0.717, 1.165) is 19.3 Å². The van der Waals surface area contributed by atoms with Gasteiger partial charge >= 0.3 is 0 Å². The highest BCUT2D eigenvalue weighted by molar-refractivity contribution is 7.99. The third-order valence-corrected chi connectivity index (χ3v) is 4.78. The van der Waals surface area contributed by atoms with Crippen LogP contribution in [0.15, 0.2) is 12.2 Å². The highest BCUT2D eigenvalue weighted by Crippen LogP contribution is 2.48. The van der Waals surface area contributed by atoms with Gasteiger partial charge in [0.2, 0.25) is 0 Å². The minimum absolute atomic E-state index is 0.399. The van der Waals surface area contributed by atoms with Crippen LogP contribution in [0, 0.1) is 11.3 Å². The molecule has 2 aliphatic rings. The second kappa shape index (κ2) is 3.73. The SMILES string of the molecule is CSC1C=CC2CC(=O)CCC2(C)C1. The summed E-state index contributed by atoms with van der Waals surface area (Å²) in [5, 5.41) is 0.671. The Kier molecular flexibility index (Phi) is 2.74. The first-order chi connectivity index (χ1) is 6.64. The first-order valence-electron chi connectivity index (χ1n) is 5.37. The maximum Gasteiger partial charge on any atom is 0.133 e. The van der Waals surface area contributed by atoms with Gasteiger partial charge < -0.3 is 0 Å². The third-order valence-electron chi connectivity index (χ3n) is 3.85. The molecule has 3 atom stereocenters. The molecule has 3 unspecified atom stereocenters. The van der Waals surface area contributed by atoms with Crippen LogP contribution in [0.25, 0.3) is 0 Å². The number of fused-ring (bicyclic) bond motifs is 1. The zero-order valence-corrected chi connectivity index (χ0v) is 9.77. The molecule has 0 radical (unpaired) electrons. The van der Waals surface area contributed by atoms with E-state index in [0.29, 0.717) is 22.4 Å². The Balaban J connectivity index is 2.17. The molecule has 0 aromatic rings. The van der Waals surface area contributed by atoms with Crippen LogP contribution in [0.3, 0.4) is 0 Å². The van der Waals surface area contributed by atoms with Gasteiger partial charge in [-0.3, -0.25) is 4.79 Å². The van der Waals surface area contributed by atoms with Crippen molar-refractivity contribution in [3.63, 3.8) is 0 Å². The van der Waals surface area contributed by atoms with Crippen LogP contribution in [-0.2, 0) is 4.79 Å². The van der Waals surface area contributed by atoms with E-state index in [1.54, 1.807) is 0 Å². The maximum absolute atomic E-state index is 11.4. The molecule has 0 aliphatic heterocycles. The molecular weight excluding hydrogens is 192 g/mol. The summed E-state index contributed by atoms with van der Waals surface area (Å²) in [6, 6.07) is 0. The lowest BCUT2D eigenvalue weighted by atomic mass is 9.63. The Morgan fingerprint density at radius 1 is 1.50 bits per heavy atom. The van der Waals surface area contributed by atoms with Gasteiger partial charge in [-0.2, -0.15) is 11.8 Å². The molecule has 0 spiro atoms. The molecule has 1 saturated carbocycles. The Labute approximate surface area is 90.3 Å². The van der Waals surface area contributed by atoms with Crippen LogP contribution in [0.4, 0.5) is 0 Å². The molecule has 1 nitrogen and oxygen atoms in total. The van der Waals surface area contributed by atoms with E-state index in [1.807, 2.05) is 11.8 Å². The van der Waals surface area contributed by atoms with Gasteiger partial charge in [0, 0.05) is 18.1 Å². The third kappa shape index (κ3) is 1.77. The van der Waals surface area contributed by atoms with E-state index < -0.39 is 0 Å². The molecule has 14 heavy (non-hydrogen) atoms. The van der Waals surface area contributed by atoms with Gasteiger partial charge in [-0.15, -0.1) is 0 Å². The van der Waals surface area contributed by atoms with Gasteiger partial charge in [-0.25, -0.2) is 0 Å².